The van der Waals surface area contributed by atoms with Gasteiger partial charge in [0.05, 0.1) is 0 Å². The molecular formula is C54H39BF4O3S4. The van der Waals surface area contributed by atoms with E-state index < -0.39 is 57.0 Å². The number of benzene rings is 9. The Bertz CT molecular complexity index is 2730. The molecule has 0 fully saturated rings. The monoisotopic (exact) mass is 950 g/mol. The maximum Gasteiger partial charge on any atom is 0.735 e. The molecule has 12 heteroatoms. The molecule has 0 radical (unpaired) electrons. The lowest BCUT2D eigenvalue weighted by atomic mass is 10.2. The summed E-state index contributed by atoms with van der Waals surface area (Å²) in [5.41, 5.74) is 0. The van der Waals surface area contributed by atoms with Crippen LogP contribution in [0.3, 0.4) is 0 Å². The molecule has 0 N–H and O–H groups in total. The first kappa shape index (κ1) is 45.1. The average Bonchev–Trinajstić information content (AvgIpc) is 3.38. The summed E-state index contributed by atoms with van der Waals surface area (Å²) in [7, 11) is -7.88. The third-order valence-corrected chi connectivity index (χ3v) is 18.8. The van der Waals surface area contributed by atoms with Gasteiger partial charge in [0.2, 0.25) is 11.6 Å². The number of hydrogen-bond acceptors (Lipinski definition) is 5. The van der Waals surface area contributed by atoms with Gasteiger partial charge in [-0.3, -0.25) is 0 Å². The third kappa shape index (κ3) is 9.57. The van der Waals surface area contributed by atoms with Crippen LogP contribution < -0.4 is 4.65 Å². The topological polar surface area (TPSA) is 27.7 Å². The molecule has 0 spiro atoms. The largest absolute Gasteiger partial charge is 0.735 e. The summed E-state index contributed by atoms with van der Waals surface area (Å²) >= 11 is 3.20. The minimum atomic E-state index is -2.98. The van der Waals surface area contributed by atoms with Gasteiger partial charge in [-0.25, -0.2) is 13.2 Å². The van der Waals surface area contributed by atoms with Crippen molar-refractivity contribution in [3.05, 3.63) is 260 Å². The van der Waals surface area contributed by atoms with E-state index in [4.69, 9.17) is 12.9 Å². The Kier molecular flexibility index (Phi) is 14.1. The first-order valence-electron chi connectivity index (χ1n) is 20.7. The molecule has 0 saturated carbocycles. The average molecular weight is 951 g/mol. The fourth-order valence-corrected chi connectivity index (χ4v) is 15.1. The van der Waals surface area contributed by atoms with Crippen molar-refractivity contribution in [2.45, 2.75) is 49.0 Å². The first-order valence-corrected chi connectivity index (χ1v) is 25.5. The van der Waals surface area contributed by atoms with Crippen LogP contribution in [0, 0.1) is 23.3 Å². The molecule has 9 aromatic carbocycles. The van der Waals surface area contributed by atoms with E-state index in [-0.39, 0.29) is 0 Å². The maximum atomic E-state index is 16.0. The van der Waals surface area contributed by atoms with E-state index in [0.717, 1.165) is 39.2 Å². The highest BCUT2D eigenvalue weighted by molar-refractivity contribution is 8.31. The van der Waals surface area contributed by atoms with Crippen molar-refractivity contribution < 1.29 is 30.4 Å². The fourth-order valence-electron chi connectivity index (χ4n) is 7.28. The summed E-state index contributed by atoms with van der Waals surface area (Å²) in [5, 5.41) is 0. The van der Waals surface area contributed by atoms with Gasteiger partial charge < -0.3 is 12.9 Å². The van der Waals surface area contributed by atoms with Gasteiger partial charge in [0, 0.05) is 55.0 Å². The molecule has 0 heterocycles. The second-order valence-corrected chi connectivity index (χ2v) is 22.3. The Morgan fingerprint density at radius 2 is 0.606 bits per heavy atom. The van der Waals surface area contributed by atoms with E-state index in [1.807, 2.05) is 231 Å². The zero-order valence-corrected chi connectivity index (χ0v) is 38.2. The Balaban J connectivity index is 1.27. The van der Waals surface area contributed by atoms with Crippen LogP contribution in [0.15, 0.2) is 286 Å². The van der Waals surface area contributed by atoms with Crippen LogP contribution in [-0.2, 0) is 8.20 Å². The summed E-state index contributed by atoms with van der Waals surface area (Å²) < 4.78 is 82.4. The van der Waals surface area contributed by atoms with E-state index in [1.54, 1.807) is 23.5 Å². The van der Waals surface area contributed by atoms with Crippen LogP contribution in [0.5, 0.6) is 5.75 Å². The minimum absolute atomic E-state index is 0.475. The minimum Gasteiger partial charge on any atom is -0.508 e. The molecule has 0 aromatic heterocycles. The lowest BCUT2D eigenvalue weighted by Crippen LogP contribution is -2.34. The molecule has 0 amide bonds. The van der Waals surface area contributed by atoms with Crippen molar-refractivity contribution in [1.29, 1.82) is 0 Å². The molecule has 66 heavy (non-hydrogen) atoms. The van der Waals surface area contributed by atoms with Gasteiger partial charge in [-0.15, -0.1) is 0 Å². The number of halogens is 4. The lowest BCUT2D eigenvalue weighted by Gasteiger charge is -2.45. The first-order chi connectivity index (χ1) is 32.3. The summed E-state index contributed by atoms with van der Waals surface area (Å²) in [6.07, 6.45) is 0. The molecule has 0 aliphatic heterocycles. The van der Waals surface area contributed by atoms with Crippen LogP contribution in [0.4, 0.5) is 17.6 Å². The standard InChI is InChI=1S/C54H39BF4O3S4/c56-50-39-51(53(58)54(59)52(50)57)60-55(61-65(44-23-11-3-12-24-44,45-25-13-4-14-26-45)48-35-31-42(32-36-48)63-40-19-7-1-8-20-40)62-66(46-27-15-5-16-28-46,47-29-17-6-18-30-47)49-37-33-43(34-38-49)64-41-21-9-2-10-22-41/h1-39H. The van der Waals surface area contributed by atoms with Gasteiger partial charge in [-0.2, -0.15) is 4.39 Å². The Hall–Kier alpha value is -6.12. The molecule has 0 saturated heterocycles. The van der Waals surface area contributed by atoms with Gasteiger partial charge in [0.25, 0.3) is 0 Å². The predicted octanol–water partition coefficient (Wildman–Crippen LogP) is 16.7. The van der Waals surface area contributed by atoms with Gasteiger partial charge in [-0.1, -0.05) is 153 Å². The lowest BCUT2D eigenvalue weighted by molar-refractivity contribution is 0.315. The van der Waals surface area contributed by atoms with Gasteiger partial charge >= 0.3 is 7.32 Å². The molecular weight excluding hydrogens is 912 g/mol. The maximum absolute atomic E-state index is 16.0. The highest BCUT2D eigenvalue weighted by Crippen LogP contribution is 2.73. The van der Waals surface area contributed by atoms with Gasteiger partial charge in [-0.05, 0) is 121 Å². The van der Waals surface area contributed by atoms with Crippen LogP contribution in [-0.4, -0.2) is 7.32 Å². The molecule has 0 aliphatic carbocycles. The van der Waals surface area contributed by atoms with E-state index in [1.165, 1.54) is 0 Å². The summed E-state index contributed by atoms with van der Waals surface area (Å²) in [5.74, 6) is -8.33. The molecule has 0 unspecified atom stereocenters. The molecule has 0 atom stereocenters. The predicted molar refractivity (Wildman–Crippen MR) is 259 cm³/mol. The number of rotatable bonds is 16. The van der Waals surface area contributed by atoms with Crippen LogP contribution in [0.25, 0.3) is 0 Å². The van der Waals surface area contributed by atoms with E-state index in [9.17, 15) is 4.39 Å². The Morgan fingerprint density at radius 1 is 0.318 bits per heavy atom. The molecule has 328 valence electrons. The molecule has 3 nitrogen and oxygen atoms in total. The van der Waals surface area contributed by atoms with Crippen LogP contribution in [0.1, 0.15) is 0 Å². The smallest absolute Gasteiger partial charge is 0.508 e. The summed E-state index contributed by atoms with van der Waals surface area (Å²) in [4.78, 5) is 8.35. The quantitative estimate of drug-likeness (QED) is 0.0416. The van der Waals surface area contributed by atoms with E-state index >= 15 is 13.2 Å². The zero-order valence-electron chi connectivity index (χ0n) is 35.0. The van der Waals surface area contributed by atoms with Crippen molar-refractivity contribution in [2.24, 2.45) is 0 Å². The normalized spacial score (nSPS) is 12.1. The van der Waals surface area contributed by atoms with Crippen LogP contribution >= 0.6 is 44.1 Å². The van der Waals surface area contributed by atoms with Crippen molar-refractivity contribution in [3.63, 3.8) is 0 Å². The van der Waals surface area contributed by atoms with Gasteiger partial charge in [0.1, 0.15) is 5.75 Å². The summed E-state index contributed by atoms with van der Waals surface area (Å²) in [6, 6.07) is 74.6. The second kappa shape index (κ2) is 20.6. The van der Waals surface area contributed by atoms with Crippen LogP contribution in [0.2, 0.25) is 0 Å². The Morgan fingerprint density at radius 3 is 0.939 bits per heavy atom. The fraction of sp³-hybridized carbons (Fsp3) is 0. The highest BCUT2D eigenvalue weighted by Gasteiger charge is 2.47. The highest BCUT2D eigenvalue weighted by atomic mass is 32.3. The molecule has 9 aromatic rings. The van der Waals surface area contributed by atoms with Crippen molar-refractivity contribution in [3.8, 4) is 5.75 Å². The van der Waals surface area contributed by atoms with Crippen molar-refractivity contribution in [1.82, 2.24) is 0 Å². The SMILES string of the molecule is Fc1cc(OB(OS(c2ccccc2)(c2ccccc2)c2ccc(Sc3ccccc3)cc2)OS(c2ccccc2)(c2ccccc2)c2ccc(Sc3ccccc3)cc2)c(F)c(F)c1F. The van der Waals surface area contributed by atoms with Crippen molar-refractivity contribution in [2.75, 3.05) is 0 Å². The van der Waals surface area contributed by atoms with E-state index in [0.29, 0.717) is 15.9 Å². The molecule has 0 bridgehead atoms. The molecule has 0 aliphatic rings. The molecule has 9 rings (SSSR count). The van der Waals surface area contributed by atoms with E-state index in [2.05, 4.69) is 0 Å². The number of hydrogen-bond donors (Lipinski definition) is 0. The van der Waals surface area contributed by atoms with Gasteiger partial charge in [0.15, 0.2) is 11.6 Å². The summed E-state index contributed by atoms with van der Waals surface area (Å²) in [6.45, 7) is 0. The zero-order chi connectivity index (χ0) is 45.4. The van der Waals surface area contributed by atoms with Crippen molar-refractivity contribution >= 4 is 51.5 Å². The Labute approximate surface area is 394 Å². The second-order valence-electron chi connectivity index (χ2n) is 14.5. The third-order valence-electron chi connectivity index (χ3n) is 10.3.